The summed E-state index contributed by atoms with van der Waals surface area (Å²) in [6, 6.07) is 16.3. The second kappa shape index (κ2) is 11.0. The Morgan fingerprint density at radius 2 is 1.23 bits per heavy atom. The van der Waals surface area contributed by atoms with Gasteiger partial charge in [0.25, 0.3) is 0 Å². The van der Waals surface area contributed by atoms with E-state index in [1.165, 1.54) is 27.7 Å². The molecule has 11 heteroatoms. The average molecular weight is 611 g/mol. The third-order valence-corrected chi connectivity index (χ3v) is 9.47. The molecule has 1 saturated heterocycles. The molecule has 1 aliphatic heterocycles. The number of aliphatic hydroxyl groups is 2. The molecule has 9 atom stereocenters. The van der Waals surface area contributed by atoms with E-state index in [-0.39, 0.29) is 17.5 Å². The van der Waals surface area contributed by atoms with E-state index >= 15 is 0 Å². The second-order valence-electron chi connectivity index (χ2n) is 12.8. The standard InChI is InChI=1S/C33H38O11/c1-18(34)40-22-17-31(5,39)33-26(42-28(37)20-13-9-7-10-14-20)23(30(3,4)44-33)24(41-19(2)35)27(32(33,6)25(22)36)43-29(38)21-15-11-8-12-16-21/h7-16,22-27,36,39H,17H2,1-6H3. The van der Waals surface area contributed by atoms with Crippen molar-refractivity contribution in [2.24, 2.45) is 11.3 Å². The number of carbonyl (C=O) groups is 4. The summed E-state index contributed by atoms with van der Waals surface area (Å²) in [4.78, 5) is 52.0. The van der Waals surface area contributed by atoms with Crippen LogP contribution in [0.3, 0.4) is 0 Å². The van der Waals surface area contributed by atoms with E-state index in [0.29, 0.717) is 0 Å². The lowest BCUT2D eigenvalue weighted by Crippen LogP contribution is -2.83. The fourth-order valence-corrected chi connectivity index (χ4v) is 7.82. The Morgan fingerprint density at radius 1 is 0.750 bits per heavy atom. The highest BCUT2D eigenvalue weighted by molar-refractivity contribution is 5.90. The van der Waals surface area contributed by atoms with Crippen molar-refractivity contribution in [3.05, 3.63) is 71.8 Å². The number of carbonyl (C=O) groups excluding carboxylic acids is 4. The summed E-state index contributed by atoms with van der Waals surface area (Å²) in [6.07, 6.45) is -7.35. The molecule has 2 aromatic rings. The van der Waals surface area contributed by atoms with Crippen molar-refractivity contribution < 1.29 is 53.1 Å². The fourth-order valence-electron chi connectivity index (χ4n) is 7.82. The van der Waals surface area contributed by atoms with Crippen molar-refractivity contribution >= 4 is 23.9 Å². The van der Waals surface area contributed by atoms with E-state index in [2.05, 4.69) is 0 Å². The van der Waals surface area contributed by atoms with Gasteiger partial charge in [0.1, 0.15) is 30.0 Å². The average Bonchev–Trinajstić information content (AvgIpc) is 3.17. The van der Waals surface area contributed by atoms with Gasteiger partial charge < -0.3 is 33.9 Å². The molecular weight excluding hydrogens is 572 g/mol. The van der Waals surface area contributed by atoms with E-state index in [1.54, 1.807) is 74.5 Å². The molecule has 3 fully saturated rings. The largest absolute Gasteiger partial charge is 0.460 e. The summed E-state index contributed by atoms with van der Waals surface area (Å²) < 4.78 is 30.5. The van der Waals surface area contributed by atoms with E-state index in [4.69, 9.17) is 23.7 Å². The lowest BCUT2D eigenvalue weighted by molar-refractivity contribution is -0.349. The van der Waals surface area contributed by atoms with Gasteiger partial charge in [-0.2, -0.15) is 0 Å². The fraction of sp³-hybridized carbons (Fsp3) is 0.515. The summed E-state index contributed by atoms with van der Waals surface area (Å²) >= 11 is 0. The molecule has 2 aliphatic carbocycles. The zero-order valence-electron chi connectivity index (χ0n) is 25.5. The molecule has 2 saturated carbocycles. The van der Waals surface area contributed by atoms with Gasteiger partial charge in [-0.05, 0) is 45.0 Å². The molecule has 236 valence electrons. The van der Waals surface area contributed by atoms with Gasteiger partial charge in [-0.25, -0.2) is 9.59 Å². The molecule has 44 heavy (non-hydrogen) atoms. The van der Waals surface area contributed by atoms with Gasteiger partial charge in [-0.15, -0.1) is 0 Å². The molecule has 2 N–H and O–H groups in total. The van der Waals surface area contributed by atoms with E-state index in [1.807, 2.05) is 0 Å². The summed E-state index contributed by atoms with van der Waals surface area (Å²) in [5, 5.41) is 24.5. The Bertz CT molecular complexity index is 1440. The van der Waals surface area contributed by atoms with Gasteiger partial charge in [0, 0.05) is 20.3 Å². The van der Waals surface area contributed by atoms with Crippen LogP contribution in [0.1, 0.15) is 68.7 Å². The zero-order chi connectivity index (χ0) is 32.2. The molecule has 0 radical (unpaired) electrons. The van der Waals surface area contributed by atoms with Crippen LogP contribution in [-0.4, -0.2) is 81.4 Å². The Labute approximate surface area is 255 Å². The van der Waals surface area contributed by atoms with Gasteiger partial charge in [0.15, 0.2) is 6.10 Å². The Hall–Kier alpha value is -3.80. The smallest absolute Gasteiger partial charge is 0.338 e. The number of hydrogen-bond donors (Lipinski definition) is 2. The number of esters is 4. The number of fused-ring (bicyclic) bond motifs is 1. The number of hydrogen-bond acceptors (Lipinski definition) is 11. The molecule has 11 nitrogen and oxygen atoms in total. The Kier molecular flexibility index (Phi) is 7.89. The van der Waals surface area contributed by atoms with Crippen LogP contribution >= 0.6 is 0 Å². The summed E-state index contributed by atoms with van der Waals surface area (Å²) in [5.74, 6) is -3.95. The second-order valence-corrected chi connectivity index (χ2v) is 12.8. The van der Waals surface area contributed by atoms with Crippen LogP contribution in [0, 0.1) is 11.3 Å². The minimum absolute atomic E-state index is 0.186. The van der Waals surface area contributed by atoms with Crippen molar-refractivity contribution in [2.45, 2.75) is 95.3 Å². The van der Waals surface area contributed by atoms with Gasteiger partial charge in [-0.1, -0.05) is 43.3 Å². The molecule has 5 rings (SSSR count). The molecule has 3 aliphatic rings. The molecule has 9 unspecified atom stereocenters. The minimum atomic E-state index is -1.95. The van der Waals surface area contributed by atoms with Gasteiger partial charge >= 0.3 is 23.9 Å². The third kappa shape index (κ3) is 4.78. The van der Waals surface area contributed by atoms with E-state index in [9.17, 15) is 29.4 Å². The minimum Gasteiger partial charge on any atom is -0.460 e. The monoisotopic (exact) mass is 610 g/mol. The normalized spacial score (nSPS) is 36.8. The van der Waals surface area contributed by atoms with Gasteiger partial charge in [0.05, 0.1) is 33.7 Å². The number of rotatable bonds is 6. The van der Waals surface area contributed by atoms with Crippen molar-refractivity contribution in [3.63, 3.8) is 0 Å². The molecule has 1 heterocycles. The van der Waals surface area contributed by atoms with Crippen LogP contribution in [0.4, 0.5) is 0 Å². The van der Waals surface area contributed by atoms with E-state index in [0.717, 1.165) is 0 Å². The van der Waals surface area contributed by atoms with E-state index < -0.39 is 82.5 Å². The highest BCUT2D eigenvalue weighted by atomic mass is 16.6. The van der Waals surface area contributed by atoms with Crippen molar-refractivity contribution in [2.75, 3.05) is 0 Å². The first kappa shape index (κ1) is 31.6. The van der Waals surface area contributed by atoms with Gasteiger partial charge in [-0.3, -0.25) is 9.59 Å². The lowest BCUT2D eigenvalue weighted by Gasteiger charge is -2.65. The van der Waals surface area contributed by atoms with Crippen LogP contribution in [-0.2, 0) is 33.3 Å². The van der Waals surface area contributed by atoms with Crippen LogP contribution in [0.15, 0.2) is 60.7 Å². The van der Waals surface area contributed by atoms with Gasteiger partial charge in [0.2, 0.25) is 0 Å². The zero-order valence-corrected chi connectivity index (χ0v) is 25.5. The molecule has 0 aromatic heterocycles. The van der Waals surface area contributed by atoms with Crippen molar-refractivity contribution in [1.82, 2.24) is 0 Å². The molecule has 2 bridgehead atoms. The summed E-state index contributed by atoms with van der Waals surface area (Å²) in [7, 11) is 0. The highest BCUT2D eigenvalue weighted by Gasteiger charge is 2.86. The quantitative estimate of drug-likeness (QED) is 0.366. The number of aliphatic hydroxyl groups excluding tert-OH is 1. The predicted molar refractivity (Wildman–Crippen MR) is 153 cm³/mol. The first-order chi connectivity index (χ1) is 20.6. The first-order valence-electron chi connectivity index (χ1n) is 14.5. The molecule has 1 spiro atoms. The van der Waals surface area contributed by atoms with Crippen LogP contribution in [0.25, 0.3) is 0 Å². The summed E-state index contributed by atoms with van der Waals surface area (Å²) in [5.41, 5.74) is -6.65. The maximum Gasteiger partial charge on any atom is 0.338 e. The van der Waals surface area contributed by atoms with Crippen molar-refractivity contribution in [1.29, 1.82) is 0 Å². The highest BCUT2D eigenvalue weighted by Crippen LogP contribution is 2.69. The number of ether oxygens (including phenoxy) is 5. The molecular formula is C33H38O11. The van der Waals surface area contributed by atoms with Crippen molar-refractivity contribution in [3.8, 4) is 0 Å². The summed E-state index contributed by atoms with van der Waals surface area (Å²) in [6.45, 7) is 8.67. The SMILES string of the molecule is CC(=O)OC1CC(C)(O)C23OC(C)(C)C(C(OC(C)=O)C(OC(=O)c4ccccc4)C2(C)C1O)C3OC(=O)c1ccccc1. The first-order valence-corrected chi connectivity index (χ1v) is 14.5. The third-order valence-electron chi connectivity index (χ3n) is 9.47. The molecule has 2 aromatic carbocycles. The van der Waals surface area contributed by atoms with Crippen LogP contribution in [0.2, 0.25) is 0 Å². The topological polar surface area (TPSA) is 155 Å². The maximum atomic E-state index is 13.6. The Balaban J connectivity index is 1.75. The maximum absolute atomic E-state index is 13.6. The predicted octanol–water partition coefficient (Wildman–Crippen LogP) is 3.00. The van der Waals surface area contributed by atoms with Crippen LogP contribution < -0.4 is 0 Å². The van der Waals surface area contributed by atoms with Crippen LogP contribution in [0.5, 0.6) is 0 Å². The lowest BCUT2D eigenvalue weighted by atomic mass is 9.46. The molecule has 0 amide bonds. The Morgan fingerprint density at radius 3 is 1.70 bits per heavy atom. The number of benzene rings is 2.